The fourth-order valence-corrected chi connectivity index (χ4v) is 0.982. The summed E-state index contributed by atoms with van der Waals surface area (Å²) in [6.07, 6.45) is 3.41. The van der Waals surface area contributed by atoms with Crippen molar-refractivity contribution in [2.24, 2.45) is 0 Å². The van der Waals surface area contributed by atoms with Crippen LogP contribution in [0.3, 0.4) is 0 Å². The molecule has 1 N–H and O–H groups in total. The predicted molar refractivity (Wildman–Crippen MR) is 42.6 cm³/mol. The van der Waals surface area contributed by atoms with E-state index in [1.165, 1.54) is 7.11 Å². The molecule has 0 aliphatic carbocycles. The van der Waals surface area contributed by atoms with Crippen molar-refractivity contribution in [3.8, 4) is 0 Å². The lowest BCUT2D eigenvalue weighted by molar-refractivity contribution is -0.145. The first-order chi connectivity index (χ1) is 5.79. The van der Waals surface area contributed by atoms with Gasteiger partial charge in [0.2, 0.25) is 0 Å². The molecule has 1 heterocycles. The standard InChI is InChI=1S/C8H11NO3/c1-12-8(11)7(6-10)9-4-2-3-5-9/h2-5,7,10H,6H2,1H3/t7-/m1/s1. The Morgan fingerprint density at radius 3 is 2.58 bits per heavy atom. The number of aliphatic hydroxyl groups is 1. The third-order valence-corrected chi connectivity index (χ3v) is 1.63. The van der Waals surface area contributed by atoms with Crippen LogP contribution in [0.25, 0.3) is 0 Å². The van der Waals surface area contributed by atoms with Gasteiger partial charge in [-0.3, -0.25) is 0 Å². The Morgan fingerprint density at radius 2 is 2.17 bits per heavy atom. The summed E-state index contributed by atoms with van der Waals surface area (Å²) in [6, 6.07) is 2.95. The average molecular weight is 169 g/mol. The van der Waals surface area contributed by atoms with Gasteiger partial charge in [0.05, 0.1) is 13.7 Å². The molecule has 0 saturated carbocycles. The second-order valence-electron chi connectivity index (χ2n) is 2.35. The number of esters is 1. The van der Waals surface area contributed by atoms with E-state index < -0.39 is 12.0 Å². The van der Waals surface area contributed by atoms with Gasteiger partial charge in [-0.25, -0.2) is 4.79 Å². The maximum atomic E-state index is 11.0. The highest BCUT2D eigenvalue weighted by Gasteiger charge is 2.18. The zero-order valence-corrected chi connectivity index (χ0v) is 6.80. The van der Waals surface area contributed by atoms with Gasteiger partial charge in [-0.05, 0) is 12.1 Å². The van der Waals surface area contributed by atoms with Crippen LogP contribution in [0.5, 0.6) is 0 Å². The second kappa shape index (κ2) is 3.92. The largest absolute Gasteiger partial charge is 0.467 e. The normalized spacial score (nSPS) is 12.5. The molecule has 1 atom stereocenters. The van der Waals surface area contributed by atoms with Gasteiger partial charge in [-0.2, -0.15) is 0 Å². The second-order valence-corrected chi connectivity index (χ2v) is 2.35. The number of aliphatic hydroxyl groups excluding tert-OH is 1. The first-order valence-electron chi connectivity index (χ1n) is 3.60. The molecule has 0 amide bonds. The molecule has 4 heteroatoms. The SMILES string of the molecule is COC(=O)[C@@H](CO)n1cccc1. The van der Waals surface area contributed by atoms with Crippen molar-refractivity contribution in [1.82, 2.24) is 4.57 Å². The van der Waals surface area contributed by atoms with Crippen LogP contribution in [0.2, 0.25) is 0 Å². The molecule has 0 saturated heterocycles. The molecular weight excluding hydrogens is 158 g/mol. The molecule has 1 rings (SSSR count). The monoisotopic (exact) mass is 169 g/mol. The first-order valence-corrected chi connectivity index (χ1v) is 3.60. The van der Waals surface area contributed by atoms with E-state index >= 15 is 0 Å². The number of nitrogens with zero attached hydrogens (tertiary/aromatic N) is 1. The average Bonchev–Trinajstić information content (AvgIpc) is 2.58. The van der Waals surface area contributed by atoms with Crippen LogP contribution in [0.1, 0.15) is 6.04 Å². The summed E-state index contributed by atoms with van der Waals surface area (Å²) < 4.78 is 6.11. The Bertz CT molecular complexity index is 243. The van der Waals surface area contributed by atoms with E-state index in [1.807, 2.05) is 0 Å². The van der Waals surface area contributed by atoms with E-state index in [1.54, 1.807) is 29.1 Å². The topological polar surface area (TPSA) is 51.5 Å². The zero-order valence-electron chi connectivity index (χ0n) is 6.80. The number of aromatic nitrogens is 1. The molecule has 1 aromatic rings. The van der Waals surface area contributed by atoms with Crippen LogP contribution in [0.4, 0.5) is 0 Å². The molecule has 66 valence electrons. The highest BCUT2D eigenvalue weighted by molar-refractivity contribution is 5.74. The molecule has 0 aromatic carbocycles. The van der Waals surface area contributed by atoms with Crippen LogP contribution in [-0.4, -0.2) is 29.4 Å². The van der Waals surface area contributed by atoms with Crippen molar-refractivity contribution in [2.45, 2.75) is 6.04 Å². The summed E-state index contributed by atoms with van der Waals surface area (Å²) in [5, 5.41) is 8.88. The molecule has 1 aromatic heterocycles. The number of rotatable bonds is 3. The summed E-state index contributed by atoms with van der Waals surface area (Å²) in [5.41, 5.74) is 0. The quantitative estimate of drug-likeness (QED) is 0.657. The third kappa shape index (κ3) is 1.65. The maximum absolute atomic E-state index is 11.0. The van der Waals surface area contributed by atoms with Gasteiger partial charge in [0.1, 0.15) is 0 Å². The summed E-state index contributed by atoms with van der Waals surface area (Å²) in [4.78, 5) is 11.0. The van der Waals surface area contributed by atoms with E-state index in [9.17, 15) is 4.79 Å². The molecule has 0 bridgehead atoms. The van der Waals surface area contributed by atoms with Crippen molar-refractivity contribution < 1.29 is 14.6 Å². The smallest absolute Gasteiger partial charge is 0.331 e. The van der Waals surface area contributed by atoms with E-state index in [0.29, 0.717) is 0 Å². The summed E-state index contributed by atoms with van der Waals surface area (Å²) in [6.45, 7) is -0.249. The van der Waals surface area contributed by atoms with E-state index in [-0.39, 0.29) is 6.61 Å². The van der Waals surface area contributed by atoms with Crippen molar-refractivity contribution in [2.75, 3.05) is 13.7 Å². The Kier molecular flexibility index (Phi) is 2.88. The number of hydrogen-bond donors (Lipinski definition) is 1. The lowest BCUT2D eigenvalue weighted by Crippen LogP contribution is -2.22. The summed E-state index contributed by atoms with van der Waals surface area (Å²) in [7, 11) is 1.30. The first kappa shape index (κ1) is 8.80. The molecule has 0 spiro atoms. The van der Waals surface area contributed by atoms with Crippen LogP contribution >= 0.6 is 0 Å². The van der Waals surface area contributed by atoms with Gasteiger partial charge >= 0.3 is 5.97 Å². The molecule has 12 heavy (non-hydrogen) atoms. The number of ether oxygens (including phenoxy) is 1. The Hall–Kier alpha value is -1.29. The summed E-state index contributed by atoms with van der Waals surface area (Å²) >= 11 is 0. The molecule has 0 aliphatic rings. The Morgan fingerprint density at radius 1 is 1.58 bits per heavy atom. The molecule has 0 radical (unpaired) electrons. The predicted octanol–water partition coefficient (Wildman–Crippen LogP) is 0.194. The van der Waals surface area contributed by atoms with Gasteiger partial charge < -0.3 is 14.4 Å². The number of carbonyl (C=O) groups is 1. The van der Waals surface area contributed by atoms with Gasteiger partial charge in [-0.1, -0.05) is 0 Å². The lowest BCUT2D eigenvalue weighted by Gasteiger charge is -2.12. The van der Waals surface area contributed by atoms with Crippen molar-refractivity contribution in [3.05, 3.63) is 24.5 Å². The number of methoxy groups -OCH3 is 1. The van der Waals surface area contributed by atoms with Gasteiger partial charge in [0, 0.05) is 12.4 Å². The van der Waals surface area contributed by atoms with E-state index in [0.717, 1.165) is 0 Å². The number of carbonyl (C=O) groups excluding carboxylic acids is 1. The van der Waals surface area contributed by atoms with E-state index in [4.69, 9.17) is 5.11 Å². The van der Waals surface area contributed by atoms with Gasteiger partial charge in [0.15, 0.2) is 6.04 Å². The molecule has 0 fully saturated rings. The zero-order chi connectivity index (χ0) is 8.97. The van der Waals surface area contributed by atoms with Crippen LogP contribution in [0, 0.1) is 0 Å². The molecule has 4 nitrogen and oxygen atoms in total. The van der Waals surface area contributed by atoms with Crippen molar-refractivity contribution in [1.29, 1.82) is 0 Å². The van der Waals surface area contributed by atoms with Crippen LogP contribution in [0.15, 0.2) is 24.5 Å². The molecular formula is C8H11NO3. The molecule has 0 unspecified atom stereocenters. The van der Waals surface area contributed by atoms with E-state index in [2.05, 4.69) is 4.74 Å². The minimum Gasteiger partial charge on any atom is -0.467 e. The van der Waals surface area contributed by atoms with Crippen molar-refractivity contribution >= 4 is 5.97 Å². The van der Waals surface area contributed by atoms with Gasteiger partial charge in [-0.15, -0.1) is 0 Å². The lowest BCUT2D eigenvalue weighted by atomic mass is 10.3. The van der Waals surface area contributed by atoms with Crippen molar-refractivity contribution in [3.63, 3.8) is 0 Å². The van der Waals surface area contributed by atoms with Crippen LogP contribution in [-0.2, 0) is 9.53 Å². The minimum atomic E-state index is -0.620. The Labute approximate surface area is 70.4 Å². The van der Waals surface area contributed by atoms with Gasteiger partial charge in [0.25, 0.3) is 0 Å². The maximum Gasteiger partial charge on any atom is 0.331 e. The molecule has 0 aliphatic heterocycles. The Balaban J connectivity index is 2.76. The fourth-order valence-electron chi connectivity index (χ4n) is 0.982. The number of hydrogen-bond acceptors (Lipinski definition) is 3. The fraction of sp³-hybridized carbons (Fsp3) is 0.375. The third-order valence-electron chi connectivity index (χ3n) is 1.63. The van der Waals surface area contributed by atoms with Crippen LogP contribution < -0.4 is 0 Å². The summed E-state index contributed by atoms with van der Waals surface area (Å²) in [5.74, 6) is -0.436. The minimum absolute atomic E-state index is 0.249. The highest BCUT2D eigenvalue weighted by atomic mass is 16.5. The highest BCUT2D eigenvalue weighted by Crippen LogP contribution is 2.07.